The third-order valence-corrected chi connectivity index (χ3v) is 1.89. The molecule has 0 aliphatic rings. The van der Waals surface area contributed by atoms with Crippen molar-refractivity contribution in [3.63, 3.8) is 0 Å². The number of alkyl halides is 3. The van der Waals surface area contributed by atoms with E-state index in [4.69, 9.17) is 0 Å². The fraction of sp³-hybridized carbons (Fsp3) is 0.273. The second-order valence-corrected chi connectivity index (χ2v) is 3.47. The minimum atomic E-state index is -4.51. The second-order valence-electron chi connectivity index (χ2n) is 3.47. The highest BCUT2D eigenvalue weighted by Gasteiger charge is 2.31. The van der Waals surface area contributed by atoms with Crippen LogP contribution in [0.2, 0.25) is 0 Å². The summed E-state index contributed by atoms with van der Waals surface area (Å²) >= 11 is 0. The lowest BCUT2D eigenvalue weighted by atomic mass is 10.1. The highest BCUT2D eigenvalue weighted by atomic mass is 19.4. The van der Waals surface area contributed by atoms with E-state index in [0.717, 1.165) is 0 Å². The molecule has 17 heavy (non-hydrogen) atoms. The van der Waals surface area contributed by atoms with E-state index >= 15 is 0 Å². The van der Waals surface area contributed by atoms with Gasteiger partial charge in [0.2, 0.25) is 5.91 Å². The molecule has 0 heterocycles. The first-order valence-corrected chi connectivity index (χ1v) is 4.75. The van der Waals surface area contributed by atoms with Crippen LogP contribution in [0.25, 0.3) is 0 Å². The number of carbonyl (C=O) groups excluding carboxylic acids is 2. The molecule has 1 N–H and O–H groups in total. The van der Waals surface area contributed by atoms with E-state index in [9.17, 15) is 22.8 Å². The van der Waals surface area contributed by atoms with Crippen molar-refractivity contribution in [2.24, 2.45) is 0 Å². The van der Waals surface area contributed by atoms with E-state index in [1.807, 2.05) is 0 Å². The maximum atomic E-state index is 12.0. The number of nitrogens with one attached hydrogen (secondary N) is 1. The summed E-state index contributed by atoms with van der Waals surface area (Å²) in [6, 6.07) is 5.26. The molecule has 0 fully saturated rings. The second kappa shape index (κ2) is 4.99. The van der Waals surface area contributed by atoms with Gasteiger partial charge in [0.15, 0.2) is 5.78 Å². The van der Waals surface area contributed by atoms with Gasteiger partial charge < -0.3 is 5.32 Å². The van der Waals surface area contributed by atoms with E-state index in [1.54, 1.807) is 0 Å². The van der Waals surface area contributed by atoms with Crippen molar-refractivity contribution < 1.29 is 22.8 Å². The molecule has 0 saturated heterocycles. The van der Waals surface area contributed by atoms with E-state index in [0.29, 0.717) is 5.69 Å². The van der Waals surface area contributed by atoms with Crippen LogP contribution in [0.4, 0.5) is 18.9 Å². The highest BCUT2D eigenvalue weighted by molar-refractivity contribution is 5.97. The third kappa shape index (κ3) is 4.67. The molecule has 0 saturated carbocycles. The first kappa shape index (κ1) is 13.2. The Balaban J connectivity index is 2.74. The topological polar surface area (TPSA) is 46.2 Å². The number of benzene rings is 1. The van der Waals surface area contributed by atoms with Crippen LogP contribution in [0.1, 0.15) is 23.7 Å². The number of hydrogen-bond acceptors (Lipinski definition) is 2. The predicted molar refractivity (Wildman–Crippen MR) is 55.7 cm³/mol. The molecule has 0 aliphatic carbocycles. The van der Waals surface area contributed by atoms with Gasteiger partial charge in [-0.2, -0.15) is 13.2 Å². The van der Waals surface area contributed by atoms with Crippen LogP contribution < -0.4 is 5.32 Å². The van der Waals surface area contributed by atoms with Crippen molar-refractivity contribution in [2.45, 2.75) is 19.5 Å². The smallest absolute Gasteiger partial charge is 0.326 e. The molecule has 0 aromatic heterocycles. The quantitative estimate of drug-likeness (QED) is 0.832. The zero-order valence-electron chi connectivity index (χ0n) is 8.97. The Bertz CT molecular complexity index is 423. The SMILES string of the molecule is CC(=O)Nc1ccc(C(=O)CC(F)(F)F)cc1. The average Bonchev–Trinajstić information content (AvgIpc) is 2.15. The summed E-state index contributed by atoms with van der Waals surface area (Å²) in [6.45, 7) is 1.31. The summed E-state index contributed by atoms with van der Waals surface area (Å²) in [5.41, 5.74) is 0.400. The molecular formula is C11H10F3NO2. The van der Waals surface area contributed by atoms with Crippen LogP contribution >= 0.6 is 0 Å². The van der Waals surface area contributed by atoms with Gasteiger partial charge in [-0.3, -0.25) is 9.59 Å². The summed E-state index contributed by atoms with van der Waals surface area (Å²) in [4.78, 5) is 21.9. The van der Waals surface area contributed by atoms with E-state index in [-0.39, 0.29) is 11.5 Å². The van der Waals surface area contributed by atoms with Gasteiger partial charge in [-0.05, 0) is 24.3 Å². The Labute approximate surface area is 95.6 Å². The van der Waals surface area contributed by atoms with Crippen molar-refractivity contribution in [1.29, 1.82) is 0 Å². The zero-order valence-corrected chi connectivity index (χ0v) is 8.97. The lowest BCUT2D eigenvalue weighted by molar-refractivity contribution is -0.125. The van der Waals surface area contributed by atoms with Crippen LogP contribution in [0.5, 0.6) is 0 Å². The van der Waals surface area contributed by atoms with E-state index in [2.05, 4.69) is 5.32 Å². The number of hydrogen-bond donors (Lipinski definition) is 1. The monoisotopic (exact) mass is 245 g/mol. The molecule has 1 aromatic carbocycles. The fourth-order valence-electron chi connectivity index (χ4n) is 1.23. The Morgan fingerprint density at radius 3 is 2.12 bits per heavy atom. The van der Waals surface area contributed by atoms with Crippen LogP contribution in [0.15, 0.2) is 24.3 Å². The number of ketones is 1. The fourth-order valence-corrected chi connectivity index (χ4v) is 1.23. The molecule has 0 unspecified atom stereocenters. The minimum Gasteiger partial charge on any atom is -0.326 e. The molecule has 0 spiro atoms. The Hall–Kier alpha value is -1.85. The summed E-state index contributed by atoms with van der Waals surface area (Å²) < 4.78 is 35.9. The Kier molecular flexibility index (Phi) is 3.88. The van der Waals surface area contributed by atoms with Gasteiger partial charge in [-0.15, -0.1) is 0 Å². The number of Topliss-reactive ketones (excluding diaryl/α,β-unsaturated/α-hetero) is 1. The molecule has 1 aromatic rings. The first-order chi connectivity index (χ1) is 7.78. The van der Waals surface area contributed by atoms with Gasteiger partial charge in [-0.1, -0.05) is 0 Å². The molecule has 0 bridgehead atoms. The third-order valence-electron chi connectivity index (χ3n) is 1.89. The summed E-state index contributed by atoms with van der Waals surface area (Å²) in [7, 11) is 0. The average molecular weight is 245 g/mol. The summed E-state index contributed by atoms with van der Waals surface area (Å²) in [6.07, 6.45) is -5.99. The normalized spacial score (nSPS) is 11.1. The van der Waals surface area contributed by atoms with Gasteiger partial charge in [0.25, 0.3) is 0 Å². The summed E-state index contributed by atoms with van der Waals surface area (Å²) in [5.74, 6) is -1.29. The van der Waals surface area contributed by atoms with Gasteiger partial charge >= 0.3 is 6.18 Å². The minimum absolute atomic E-state index is 0.0311. The summed E-state index contributed by atoms with van der Waals surface area (Å²) in [5, 5.41) is 2.45. The molecule has 3 nitrogen and oxygen atoms in total. The lowest BCUT2D eigenvalue weighted by Gasteiger charge is -2.06. The molecular weight excluding hydrogens is 235 g/mol. The molecule has 1 amide bonds. The van der Waals surface area contributed by atoms with Crippen LogP contribution in [-0.4, -0.2) is 17.9 Å². The molecule has 0 aliphatic heterocycles. The standard InChI is InChI=1S/C11H10F3NO2/c1-7(16)15-9-4-2-8(3-5-9)10(17)6-11(12,13)14/h2-5H,6H2,1H3,(H,15,16). The van der Waals surface area contributed by atoms with Gasteiger partial charge in [0, 0.05) is 18.2 Å². The lowest BCUT2D eigenvalue weighted by Crippen LogP contribution is -2.15. The van der Waals surface area contributed by atoms with Gasteiger partial charge in [0.1, 0.15) is 6.42 Å². The number of carbonyl (C=O) groups is 2. The predicted octanol–water partition coefficient (Wildman–Crippen LogP) is 2.78. The van der Waals surface area contributed by atoms with Gasteiger partial charge in [0.05, 0.1) is 0 Å². The number of halogens is 3. The maximum Gasteiger partial charge on any atom is 0.396 e. The van der Waals surface area contributed by atoms with Crippen LogP contribution in [0.3, 0.4) is 0 Å². The van der Waals surface area contributed by atoms with Crippen molar-refractivity contribution in [3.05, 3.63) is 29.8 Å². The molecule has 1 rings (SSSR count). The molecule has 92 valence electrons. The molecule has 6 heteroatoms. The van der Waals surface area contributed by atoms with Crippen molar-refractivity contribution in [3.8, 4) is 0 Å². The first-order valence-electron chi connectivity index (χ1n) is 4.75. The van der Waals surface area contributed by atoms with Gasteiger partial charge in [-0.25, -0.2) is 0 Å². The molecule has 0 radical (unpaired) electrons. The van der Waals surface area contributed by atoms with Crippen LogP contribution in [-0.2, 0) is 4.79 Å². The van der Waals surface area contributed by atoms with Crippen molar-refractivity contribution >= 4 is 17.4 Å². The molecule has 0 atom stereocenters. The zero-order chi connectivity index (χ0) is 13.1. The van der Waals surface area contributed by atoms with Crippen molar-refractivity contribution in [2.75, 3.05) is 5.32 Å². The number of amides is 1. The highest BCUT2D eigenvalue weighted by Crippen LogP contribution is 2.22. The van der Waals surface area contributed by atoms with E-state index in [1.165, 1.54) is 31.2 Å². The van der Waals surface area contributed by atoms with Crippen molar-refractivity contribution in [1.82, 2.24) is 0 Å². The van der Waals surface area contributed by atoms with E-state index < -0.39 is 18.4 Å². The largest absolute Gasteiger partial charge is 0.396 e. The number of anilines is 1. The maximum absolute atomic E-state index is 12.0. The Morgan fingerprint density at radius 1 is 1.18 bits per heavy atom. The van der Waals surface area contributed by atoms with Crippen LogP contribution in [0, 0.1) is 0 Å². The Morgan fingerprint density at radius 2 is 1.71 bits per heavy atom. The number of rotatable bonds is 3.